The van der Waals surface area contributed by atoms with Gasteiger partial charge in [-0.25, -0.2) is 9.97 Å². The van der Waals surface area contributed by atoms with Gasteiger partial charge in [-0.2, -0.15) is 4.98 Å². The zero-order valence-electron chi connectivity index (χ0n) is 12.5. The standard InChI is InChI=1S/C16H18N4O3/c21-8-11(9-22)6-7-13-19-15-14(17-10-18-15)16(20-13)23-12-4-2-1-3-5-12/h1-5,10-11,21-22H,6-9H2,(H,17,18,19,20). The Balaban J connectivity index is 1.86. The van der Waals surface area contributed by atoms with Crippen LogP contribution in [0.4, 0.5) is 0 Å². The van der Waals surface area contributed by atoms with Crippen LogP contribution in [0, 0.1) is 5.92 Å². The maximum absolute atomic E-state index is 9.15. The number of nitrogens with zero attached hydrogens (tertiary/aromatic N) is 3. The van der Waals surface area contributed by atoms with E-state index >= 15 is 0 Å². The summed E-state index contributed by atoms with van der Waals surface area (Å²) >= 11 is 0. The number of H-pyrrole nitrogens is 1. The molecule has 120 valence electrons. The van der Waals surface area contributed by atoms with Crippen LogP contribution in [0.1, 0.15) is 12.2 Å². The smallest absolute Gasteiger partial charge is 0.249 e. The number of aliphatic hydroxyl groups is 2. The molecule has 3 rings (SSSR count). The number of ether oxygens (including phenoxy) is 1. The topological polar surface area (TPSA) is 104 Å². The molecule has 0 fully saturated rings. The molecule has 0 unspecified atom stereocenters. The summed E-state index contributed by atoms with van der Waals surface area (Å²) in [5.41, 5.74) is 1.17. The van der Waals surface area contributed by atoms with Crippen LogP contribution < -0.4 is 4.74 Å². The van der Waals surface area contributed by atoms with Gasteiger partial charge in [0.05, 0.1) is 6.33 Å². The number of para-hydroxylation sites is 1. The van der Waals surface area contributed by atoms with Crippen LogP contribution in [0.2, 0.25) is 0 Å². The highest BCUT2D eigenvalue weighted by Gasteiger charge is 2.14. The van der Waals surface area contributed by atoms with Gasteiger partial charge < -0.3 is 19.9 Å². The fourth-order valence-corrected chi connectivity index (χ4v) is 2.21. The van der Waals surface area contributed by atoms with Gasteiger partial charge >= 0.3 is 0 Å². The molecule has 0 atom stereocenters. The van der Waals surface area contributed by atoms with Crippen molar-refractivity contribution in [1.82, 2.24) is 19.9 Å². The fourth-order valence-electron chi connectivity index (χ4n) is 2.21. The largest absolute Gasteiger partial charge is 0.437 e. The Labute approximate surface area is 133 Å². The summed E-state index contributed by atoms with van der Waals surface area (Å²) in [6, 6.07) is 9.37. The maximum Gasteiger partial charge on any atom is 0.249 e. The number of fused-ring (bicyclic) bond motifs is 1. The van der Waals surface area contributed by atoms with Crippen molar-refractivity contribution in [3.05, 3.63) is 42.5 Å². The summed E-state index contributed by atoms with van der Waals surface area (Å²) in [4.78, 5) is 16.0. The van der Waals surface area contributed by atoms with Crippen LogP contribution in [0.5, 0.6) is 11.6 Å². The molecule has 0 saturated heterocycles. The number of nitrogens with one attached hydrogen (secondary N) is 1. The van der Waals surface area contributed by atoms with Gasteiger partial charge in [-0.1, -0.05) is 18.2 Å². The van der Waals surface area contributed by atoms with E-state index in [2.05, 4.69) is 19.9 Å². The first-order valence-electron chi connectivity index (χ1n) is 7.44. The molecule has 23 heavy (non-hydrogen) atoms. The number of aromatic nitrogens is 4. The van der Waals surface area contributed by atoms with Crippen molar-refractivity contribution in [2.75, 3.05) is 13.2 Å². The Morgan fingerprint density at radius 3 is 2.61 bits per heavy atom. The summed E-state index contributed by atoms with van der Waals surface area (Å²) in [5, 5.41) is 18.3. The SMILES string of the molecule is OCC(CO)CCc1nc(Oc2ccccc2)c2[nH]cnc2n1. The van der Waals surface area contributed by atoms with E-state index in [4.69, 9.17) is 14.9 Å². The van der Waals surface area contributed by atoms with Gasteiger partial charge in [-0.15, -0.1) is 0 Å². The second-order valence-electron chi connectivity index (χ2n) is 5.23. The highest BCUT2D eigenvalue weighted by molar-refractivity contribution is 5.75. The number of rotatable bonds is 7. The van der Waals surface area contributed by atoms with Gasteiger partial charge in [-0.3, -0.25) is 0 Å². The van der Waals surface area contributed by atoms with E-state index in [9.17, 15) is 0 Å². The van der Waals surface area contributed by atoms with Crippen LogP contribution in [-0.2, 0) is 6.42 Å². The number of imidazole rings is 1. The van der Waals surface area contributed by atoms with E-state index in [1.807, 2.05) is 30.3 Å². The zero-order valence-corrected chi connectivity index (χ0v) is 12.5. The number of hydrogen-bond donors (Lipinski definition) is 3. The first kappa shape index (κ1) is 15.4. The summed E-state index contributed by atoms with van der Waals surface area (Å²) in [6.45, 7) is -0.122. The van der Waals surface area contributed by atoms with Gasteiger partial charge in [-0.05, 0) is 18.6 Å². The fraction of sp³-hybridized carbons (Fsp3) is 0.312. The monoisotopic (exact) mass is 314 g/mol. The Hall–Kier alpha value is -2.51. The minimum Gasteiger partial charge on any atom is -0.437 e. The molecule has 2 heterocycles. The highest BCUT2D eigenvalue weighted by Crippen LogP contribution is 2.25. The molecular formula is C16H18N4O3. The first-order valence-corrected chi connectivity index (χ1v) is 7.44. The minimum absolute atomic E-state index is 0.0610. The third-order valence-electron chi connectivity index (χ3n) is 3.55. The van der Waals surface area contributed by atoms with Crippen molar-refractivity contribution >= 4 is 11.2 Å². The summed E-state index contributed by atoms with van der Waals surface area (Å²) in [7, 11) is 0. The summed E-state index contributed by atoms with van der Waals surface area (Å²) in [6.07, 6.45) is 2.67. The quantitative estimate of drug-likeness (QED) is 0.613. The van der Waals surface area contributed by atoms with E-state index in [-0.39, 0.29) is 19.1 Å². The van der Waals surface area contributed by atoms with E-state index in [0.717, 1.165) is 0 Å². The van der Waals surface area contributed by atoms with Gasteiger partial charge in [0.1, 0.15) is 17.1 Å². The van der Waals surface area contributed by atoms with E-state index in [0.29, 0.717) is 41.5 Å². The van der Waals surface area contributed by atoms with Crippen LogP contribution in [0.25, 0.3) is 11.2 Å². The molecule has 0 amide bonds. The first-order chi connectivity index (χ1) is 11.3. The van der Waals surface area contributed by atoms with Crippen LogP contribution in [0.3, 0.4) is 0 Å². The molecule has 0 radical (unpaired) electrons. The minimum atomic E-state index is -0.174. The number of benzene rings is 1. The van der Waals surface area contributed by atoms with Gasteiger partial charge in [0, 0.05) is 25.6 Å². The summed E-state index contributed by atoms with van der Waals surface area (Å²) < 4.78 is 5.83. The molecule has 2 aromatic heterocycles. The second-order valence-corrected chi connectivity index (χ2v) is 5.23. The lowest BCUT2D eigenvalue weighted by molar-refractivity contribution is 0.143. The predicted octanol–water partition coefficient (Wildman–Crippen LogP) is 1.68. The Kier molecular flexibility index (Phi) is 4.80. The third kappa shape index (κ3) is 3.64. The molecule has 7 heteroatoms. The van der Waals surface area contributed by atoms with Crippen molar-refractivity contribution in [2.24, 2.45) is 5.92 Å². The van der Waals surface area contributed by atoms with Crippen LogP contribution in [-0.4, -0.2) is 43.4 Å². The number of aliphatic hydroxyl groups excluding tert-OH is 2. The molecule has 0 saturated carbocycles. The molecular weight excluding hydrogens is 296 g/mol. The molecule has 3 N–H and O–H groups in total. The Bertz CT molecular complexity index is 756. The van der Waals surface area contributed by atoms with Crippen molar-refractivity contribution < 1.29 is 14.9 Å². The Morgan fingerprint density at radius 2 is 1.87 bits per heavy atom. The molecule has 3 aromatic rings. The lowest BCUT2D eigenvalue weighted by Crippen LogP contribution is -2.13. The molecule has 0 aliphatic rings. The number of aryl methyl sites for hydroxylation is 1. The van der Waals surface area contributed by atoms with Crippen molar-refractivity contribution in [2.45, 2.75) is 12.8 Å². The average Bonchev–Trinajstić information content (AvgIpc) is 3.05. The molecule has 7 nitrogen and oxygen atoms in total. The molecule has 0 aliphatic heterocycles. The van der Waals surface area contributed by atoms with Gasteiger partial charge in [0.15, 0.2) is 5.65 Å². The number of aromatic amines is 1. The zero-order chi connectivity index (χ0) is 16.1. The molecule has 0 spiro atoms. The van der Waals surface area contributed by atoms with Gasteiger partial charge in [0.25, 0.3) is 0 Å². The average molecular weight is 314 g/mol. The number of hydrogen-bond acceptors (Lipinski definition) is 6. The van der Waals surface area contributed by atoms with Crippen molar-refractivity contribution in [3.8, 4) is 11.6 Å². The van der Waals surface area contributed by atoms with Crippen molar-refractivity contribution in [3.63, 3.8) is 0 Å². The molecule has 1 aromatic carbocycles. The lowest BCUT2D eigenvalue weighted by atomic mass is 10.1. The van der Waals surface area contributed by atoms with Crippen molar-refractivity contribution in [1.29, 1.82) is 0 Å². The third-order valence-corrected chi connectivity index (χ3v) is 3.55. The van der Waals surface area contributed by atoms with Gasteiger partial charge in [0.2, 0.25) is 5.88 Å². The van der Waals surface area contributed by atoms with E-state index in [1.54, 1.807) is 6.33 Å². The maximum atomic E-state index is 9.15. The summed E-state index contributed by atoms with van der Waals surface area (Å²) in [5.74, 6) is 1.49. The normalized spacial score (nSPS) is 11.3. The van der Waals surface area contributed by atoms with Crippen LogP contribution >= 0.6 is 0 Å². The second kappa shape index (κ2) is 7.17. The lowest BCUT2D eigenvalue weighted by Gasteiger charge is -2.10. The predicted molar refractivity (Wildman–Crippen MR) is 84.2 cm³/mol. The van der Waals surface area contributed by atoms with Crippen LogP contribution in [0.15, 0.2) is 36.7 Å². The van der Waals surface area contributed by atoms with E-state index in [1.165, 1.54) is 0 Å². The highest BCUT2D eigenvalue weighted by atomic mass is 16.5. The molecule has 0 bridgehead atoms. The van der Waals surface area contributed by atoms with E-state index < -0.39 is 0 Å². The Morgan fingerprint density at radius 1 is 1.09 bits per heavy atom. The molecule has 0 aliphatic carbocycles.